The van der Waals surface area contributed by atoms with Gasteiger partial charge in [0.05, 0.1) is 6.04 Å². The number of carbonyl (C=O) groups excluding carboxylic acids is 2. The molecule has 3 N–H and O–H groups in total. The van der Waals surface area contributed by atoms with Gasteiger partial charge >= 0.3 is 0 Å². The molecule has 1 aliphatic rings. The first-order chi connectivity index (χ1) is 11.5. The average Bonchev–Trinajstić information content (AvgIpc) is 3.06. The first-order valence-electron chi connectivity index (χ1n) is 7.89. The summed E-state index contributed by atoms with van der Waals surface area (Å²) >= 11 is 6.24. The summed E-state index contributed by atoms with van der Waals surface area (Å²) in [5, 5.41) is 5.58. The van der Waals surface area contributed by atoms with Crippen LogP contribution in [0.5, 0.6) is 0 Å². The molecule has 1 fully saturated rings. The van der Waals surface area contributed by atoms with E-state index < -0.39 is 18.1 Å². The average molecular weight is 347 g/mol. The highest BCUT2D eigenvalue weighted by atomic mass is 35.5. The van der Waals surface area contributed by atoms with Gasteiger partial charge in [0.1, 0.15) is 12.2 Å². The lowest BCUT2D eigenvalue weighted by atomic mass is 9.99. The molecule has 0 spiro atoms. The van der Waals surface area contributed by atoms with Crippen molar-refractivity contribution in [1.82, 2.24) is 5.32 Å². The number of carbonyl (C=O) groups is 2. The molecule has 1 heterocycles. The Hall–Kier alpha value is -2.11. The Morgan fingerprint density at radius 2 is 1.83 bits per heavy atom. The highest BCUT2D eigenvalue weighted by Crippen LogP contribution is 2.30. The number of nitrogens with one attached hydrogen (secondary N) is 1. The van der Waals surface area contributed by atoms with Crippen LogP contribution in [0.4, 0.5) is 0 Å². The van der Waals surface area contributed by atoms with Gasteiger partial charge in [-0.05, 0) is 36.8 Å². The van der Waals surface area contributed by atoms with Gasteiger partial charge in [0.15, 0.2) is 0 Å². The van der Waals surface area contributed by atoms with Crippen LogP contribution in [-0.4, -0.2) is 24.0 Å². The number of hydrogen-bond acceptors (Lipinski definition) is 3. The minimum Gasteiger partial charge on any atom is -0.367 e. The Balaban J connectivity index is 1.76. The fourth-order valence-electron chi connectivity index (χ4n) is 3.09. The van der Waals surface area contributed by atoms with Gasteiger partial charge < -0.3 is 15.8 Å². The van der Waals surface area contributed by atoms with Crippen LogP contribution in [0.25, 0.3) is 10.8 Å². The Labute approximate surface area is 145 Å². The molecule has 24 heavy (non-hydrogen) atoms. The fraction of sp³-hybridized carbons (Fsp3) is 0.333. The summed E-state index contributed by atoms with van der Waals surface area (Å²) < 4.78 is 5.42. The van der Waals surface area contributed by atoms with E-state index in [2.05, 4.69) is 5.32 Å². The van der Waals surface area contributed by atoms with E-state index in [0.717, 1.165) is 16.3 Å². The molecular weight excluding hydrogens is 328 g/mol. The van der Waals surface area contributed by atoms with E-state index >= 15 is 0 Å². The molecule has 1 aliphatic heterocycles. The van der Waals surface area contributed by atoms with E-state index in [1.54, 1.807) is 0 Å². The molecule has 0 bridgehead atoms. The number of ether oxygens (including phenoxy) is 1. The van der Waals surface area contributed by atoms with Crippen molar-refractivity contribution < 1.29 is 14.3 Å². The van der Waals surface area contributed by atoms with E-state index in [0.29, 0.717) is 17.9 Å². The normalized spacial score (nSPS) is 21.6. The standard InChI is InChI=1S/C18H19ClN2O3/c1-10(21-18(23)16-9-8-15(24-16)17(20)22)11-6-7-14(19)13-5-3-2-4-12(11)13/h2-7,10,15-16H,8-9H2,1H3,(H2,20,22)(H,21,23)/t10-,15+,16+/m0/s1. The summed E-state index contributed by atoms with van der Waals surface area (Å²) in [4.78, 5) is 23.5. The van der Waals surface area contributed by atoms with E-state index in [9.17, 15) is 9.59 Å². The van der Waals surface area contributed by atoms with Crippen LogP contribution >= 0.6 is 11.6 Å². The molecule has 0 aromatic heterocycles. The Bertz CT molecular complexity index is 793. The number of benzene rings is 2. The van der Waals surface area contributed by atoms with Gasteiger partial charge in [0.2, 0.25) is 11.8 Å². The van der Waals surface area contributed by atoms with Crippen molar-refractivity contribution in [2.75, 3.05) is 0 Å². The lowest BCUT2D eigenvalue weighted by Gasteiger charge is -2.19. The number of primary amides is 1. The molecule has 6 heteroatoms. The number of halogens is 1. The minimum atomic E-state index is -0.674. The molecule has 0 radical (unpaired) electrons. The fourth-order valence-corrected chi connectivity index (χ4v) is 3.31. The molecule has 2 aromatic rings. The molecule has 2 aromatic carbocycles. The smallest absolute Gasteiger partial charge is 0.249 e. The molecule has 3 rings (SSSR count). The highest BCUT2D eigenvalue weighted by Gasteiger charge is 2.34. The Morgan fingerprint density at radius 3 is 2.50 bits per heavy atom. The minimum absolute atomic E-state index is 0.212. The molecule has 2 amide bonds. The van der Waals surface area contributed by atoms with Gasteiger partial charge in [-0.1, -0.05) is 41.9 Å². The topological polar surface area (TPSA) is 81.4 Å². The predicted molar refractivity (Wildman–Crippen MR) is 92.6 cm³/mol. The van der Waals surface area contributed by atoms with Crippen molar-refractivity contribution in [2.24, 2.45) is 5.73 Å². The van der Waals surface area contributed by atoms with Gasteiger partial charge in [-0.25, -0.2) is 0 Å². The van der Waals surface area contributed by atoms with Gasteiger partial charge in [-0.2, -0.15) is 0 Å². The zero-order chi connectivity index (χ0) is 17.3. The van der Waals surface area contributed by atoms with E-state index in [4.69, 9.17) is 22.1 Å². The number of amides is 2. The van der Waals surface area contributed by atoms with Gasteiger partial charge in [0.25, 0.3) is 0 Å². The van der Waals surface area contributed by atoms with Crippen molar-refractivity contribution in [2.45, 2.75) is 38.0 Å². The van der Waals surface area contributed by atoms with Gasteiger partial charge in [0, 0.05) is 10.4 Å². The first kappa shape index (κ1) is 16.7. The van der Waals surface area contributed by atoms with Crippen LogP contribution in [0.15, 0.2) is 36.4 Å². The number of fused-ring (bicyclic) bond motifs is 1. The third kappa shape index (κ3) is 3.23. The summed E-state index contributed by atoms with van der Waals surface area (Å²) in [5.41, 5.74) is 6.20. The van der Waals surface area contributed by atoms with Crippen LogP contribution in [0.1, 0.15) is 31.4 Å². The van der Waals surface area contributed by atoms with Crippen LogP contribution in [0, 0.1) is 0 Å². The van der Waals surface area contributed by atoms with Gasteiger partial charge in [-0.15, -0.1) is 0 Å². The van der Waals surface area contributed by atoms with E-state index in [1.807, 2.05) is 43.3 Å². The first-order valence-corrected chi connectivity index (χ1v) is 8.27. The molecule has 0 saturated carbocycles. The molecular formula is C18H19ClN2O3. The summed E-state index contributed by atoms with van der Waals surface area (Å²) in [6.07, 6.45) is -0.338. The van der Waals surface area contributed by atoms with Crippen molar-refractivity contribution in [3.05, 3.63) is 47.0 Å². The maximum atomic E-state index is 12.4. The van der Waals surface area contributed by atoms with Crippen molar-refractivity contribution in [3.63, 3.8) is 0 Å². The van der Waals surface area contributed by atoms with Crippen molar-refractivity contribution in [3.8, 4) is 0 Å². The molecule has 0 aliphatic carbocycles. The summed E-state index contributed by atoms with van der Waals surface area (Å²) in [6, 6.07) is 11.3. The molecule has 5 nitrogen and oxygen atoms in total. The maximum absolute atomic E-state index is 12.4. The van der Waals surface area contributed by atoms with Crippen molar-refractivity contribution >= 4 is 34.2 Å². The lowest BCUT2D eigenvalue weighted by Crippen LogP contribution is -2.38. The van der Waals surface area contributed by atoms with E-state index in [1.165, 1.54) is 0 Å². The number of rotatable bonds is 4. The third-order valence-corrected chi connectivity index (χ3v) is 4.69. The van der Waals surface area contributed by atoms with Crippen LogP contribution in [0.3, 0.4) is 0 Å². The number of hydrogen-bond donors (Lipinski definition) is 2. The highest BCUT2D eigenvalue weighted by molar-refractivity contribution is 6.35. The summed E-state index contributed by atoms with van der Waals surface area (Å²) in [5.74, 6) is -0.757. The second kappa shape index (κ2) is 6.79. The molecule has 0 unspecified atom stereocenters. The van der Waals surface area contributed by atoms with Crippen LogP contribution in [-0.2, 0) is 14.3 Å². The van der Waals surface area contributed by atoms with Crippen LogP contribution < -0.4 is 11.1 Å². The largest absolute Gasteiger partial charge is 0.367 e. The second-order valence-electron chi connectivity index (χ2n) is 6.01. The lowest BCUT2D eigenvalue weighted by molar-refractivity contribution is -0.137. The molecule has 3 atom stereocenters. The quantitative estimate of drug-likeness (QED) is 0.893. The predicted octanol–water partition coefficient (Wildman–Crippen LogP) is 2.70. The van der Waals surface area contributed by atoms with Crippen molar-refractivity contribution in [1.29, 1.82) is 0 Å². The zero-order valence-electron chi connectivity index (χ0n) is 13.3. The molecule has 126 valence electrons. The van der Waals surface area contributed by atoms with Gasteiger partial charge in [-0.3, -0.25) is 9.59 Å². The maximum Gasteiger partial charge on any atom is 0.249 e. The Morgan fingerprint density at radius 1 is 1.17 bits per heavy atom. The second-order valence-corrected chi connectivity index (χ2v) is 6.41. The van der Waals surface area contributed by atoms with E-state index in [-0.39, 0.29) is 11.9 Å². The number of nitrogens with two attached hydrogens (primary N) is 1. The SMILES string of the molecule is C[C@H](NC(=O)[C@H]1CC[C@H](C(N)=O)O1)c1ccc(Cl)c2ccccc12. The summed E-state index contributed by atoms with van der Waals surface area (Å²) in [6.45, 7) is 1.91. The third-order valence-electron chi connectivity index (χ3n) is 4.36. The Kier molecular flexibility index (Phi) is 4.73. The monoisotopic (exact) mass is 346 g/mol. The van der Waals surface area contributed by atoms with Crippen LogP contribution in [0.2, 0.25) is 5.02 Å². The summed E-state index contributed by atoms with van der Waals surface area (Å²) in [7, 11) is 0. The molecule has 1 saturated heterocycles. The zero-order valence-corrected chi connectivity index (χ0v) is 14.0.